The highest BCUT2D eigenvalue weighted by molar-refractivity contribution is 9.10. The van der Waals surface area contributed by atoms with Gasteiger partial charge in [-0.3, -0.25) is 4.68 Å². The zero-order chi connectivity index (χ0) is 15.6. The lowest BCUT2D eigenvalue weighted by Gasteiger charge is -2.15. The predicted octanol–water partition coefficient (Wildman–Crippen LogP) is 3.87. The SMILES string of the molecule is Cn1cc(CCC(O)c2ccc(Br)c(C(F)(F)F)c2)cn1. The van der Waals surface area contributed by atoms with Crippen molar-refractivity contribution >= 4 is 15.9 Å². The Kier molecular flexibility index (Phi) is 4.73. The highest BCUT2D eigenvalue weighted by Gasteiger charge is 2.33. The van der Waals surface area contributed by atoms with Crippen molar-refractivity contribution in [2.24, 2.45) is 7.05 Å². The van der Waals surface area contributed by atoms with Crippen LogP contribution in [0.4, 0.5) is 13.2 Å². The minimum Gasteiger partial charge on any atom is -0.388 e. The van der Waals surface area contributed by atoms with Crippen LogP contribution in [0.1, 0.15) is 29.2 Å². The van der Waals surface area contributed by atoms with E-state index in [2.05, 4.69) is 21.0 Å². The summed E-state index contributed by atoms with van der Waals surface area (Å²) in [6.07, 6.45) is -1.01. The van der Waals surface area contributed by atoms with Gasteiger partial charge >= 0.3 is 6.18 Å². The van der Waals surface area contributed by atoms with Gasteiger partial charge in [-0.25, -0.2) is 0 Å². The van der Waals surface area contributed by atoms with Gasteiger partial charge < -0.3 is 5.11 Å². The molecule has 1 aromatic heterocycles. The van der Waals surface area contributed by atoms with E-state index in [1.165, 1.54) is 12.1 Å². The Bertz CT molecular complexity index is 625. The van der Waals surface area contributed by atoms with E-state index in [9.17, 15) is 18.3 Å². The van der Waals surface area contributed by atoms with E-state index >= 15 is 0 Å². The normalized spacial score (nSPS) is 13.4. The van der Waals surface area contributed by atoms with Gasteiger partial charge in [-0.15, -0.1) is 0 Å². The molecule has 0 radical (unpaired) electrons. The molecule has 0 bridgehead atoms. The maximum Gasteiger partial charge on any atom is 0.417 e. The monoisotopic (exact) mass is 362 g/mol. The Morgan fingerprint density at radius 1 is 1.38 bits per heavy atom. The summed E-state index contributed by atoms with van der Waals surface area (Å²) in [7, 11) is 1.78. The number of aliphatic hydroxyl groups is 1. The van der Waals surface area contributed by atoms with Gasteiger partial charge in [0.25, 0.3) is 0 Å². The number of aliphatic hydroxyl groups excluding tert-OH is 1. The van der Waals surface area contributed by atoms with Crippen molar-refractivity contribution in [3.8, 4) is 0 Å². The van der Waals surface area contributed by atoms with Crippen LogP contribution in [0.15, 0.2) is 35.1 Å². The Balaban J connectivity index is 2.10. The third-order valence-corrected chi connectivity index (χ3v) is 3.84. The molecule has 3 nitrogen and oxygen atoms in total. The van der Waals surface area contributed by atoms with Crippen molar-refractivity contribution in [3.05, 3.63) is 51.8 Å². The number of hydrogen-bond acceptors (Lipinski definition) is 2. The van der Waals surface area contributed by atoms with Crippen LogP contribution in [0.5, 0.6) is 0 Å². The second-order valence-electron chi connectivity index (χ2n) is 4.81. The fourth-order valence-electron chi connectivity index (χ4n) is 2.04. The van der Waals surface area contributed by atoms with Crippen LogP contribution in [0.3, 0.4) is 0 Å². The van der Waals surface area contributed by atoms with Gasteiger partial charge in [0.15, 0.2) is 0 Å². The van der Waals surface area contributed by atoms with Crippen LogP contribution in [-0.2, 0) is 19.6 Å². The fourth-order valence-corrected chi connectivity index (χ4v) is 2.51. The first kappa shape index (κ1) is 16.0. The highest BCUT2D eigenvalue weighted by atomic mass is 79.9. The van der Waals surface area contributed by atoms with Crippen molar-refractivity contribution in [1.82, 2.24) is 9.78 Å². The molecule has 1 atom stereocenters. The van der Waals surface area contributed by atoms with Gasteiger partial charge in [0.05, 0.1) is 17.9 Å². The number of aryl methyl sites for hydroxylation is 2. The van der Waals surface area contributed by atoms with Crippen LogP contribution in [0.2, 0.25) is 0 Å². The largest absolute Gasteiger partial charge is 0.417 e. The molecule has 1 unspecified atom stereocenters. The molecule has 0 amide bonds. The molecule has 0 aliphatic rings. The molecule has 0 fully saturated rings. The molecule has 0 aliphatic heterocycles. The van der Waals surface area contributed by atoms with Gasteiger partial charge in [-0.1, -0.05) is 22.0 Å². The van der Waals surface area contributed by atoms with Gasteiger partial charge in [0.2, 0.25) is 0 Å². The van der Waals surface area contributed by atoms with Crippen LogP contribution >= 0.6 is 15.9 Å². The first-order chi connectivity index (χ1) is 9.77. The van der Waals surface area contributed by atoms with Crippen molar-refractivity contribution in [3.63, 3.8) is 0 Å². The summed E-state index contributed by atoms with van der Waals surface area (Å²) < 4.78 is 40.1. The molecule has 2 rings (SSSR count). The predicted molar refractivity (Wildman–Crippen MR) is 75.6 cm³/mol. The zero-order valence-corrected chi connectivity index (χ0v) is 12.8. The van der Waals surface area contributed by atoms with Crippen LogP contribution < -0.4 is 0 Å². The number of rotatable bonds is 4. The smallest absolute Gasteiger partial charge is 0.388 e. The fraction of sp³-hybridized carbons (Fsp3) is 0.357. The van der Waals surface area contributed by atoms with E-state index in [4.69, 9.17) is 0 Å². The molecule has 1 aromatic carbocycles. The van der Waals surface area contributed by atoms with E-state index in [-0.39, 0.29) is 10.0 Å². The van der Waals surface area contributed by atoms with Crippen LogP contribution in [-0.4, -0.2) is 14.9 Å². The Morgan fingerprint density at radius 3 is 2.67 bits per heavy atom. The Morgan fingerprint density at radius 2 is 2.10 bits per heavy atom. The maximum atomic E-state index is 12.8. The molecule has 0 saturated carbocycles. The molecule has 114 valence electrons. The molecule has 0 spiro atoms. The molecule has 2 aromatic rings. The van der Waals surface area contributed by atoms with Crippen molar-refractivity contribution < 1.29 is 18.3 Å². The van der Waals surface area contributed by atoms with E-state index in [1.807, 2.05) is 6.20 Å². The summed E-state index contributed by atoms with van der Waals surface area (Å²) in [5.74, 6) is 0. The summed E-state index contributed by atoms with van der Waals surface area (Å²) in [6, 6.07) is 3.79. The Labute approximate surface area is 128 Å². The zero-order valence-electron chi connectivity index (χ0n) is 11.2. The molecule has 1 N–H and O–H groups in total. The van der Waals surface area contributed by atoms with E-state index in [1.54, 1.807) is 17.9 Å². The highest BCUT2D eigenvalue weighted by Crippen LogP contribution is 2.36. The topological polar surface area (TPSA) is 38.0 Å². The summed E-state index contributed by atoms with van der Waals surface area (Å²) in [4.78, 5) is 0. The lowest BCUT2D eigenvalue weighted by molar-refractivity contribution is -0.138. The van der Waals surface area contributed by atoms with Gasteiger partial charge in [-0.2, -0.15) is 18.3 Å². The molecular formula is C14H14BrF3N2O. The molecule has 21 heavy (non-hydrogen) atoms. The van der Waals surface area contributed by atoms with Gasteiger partial charge in [0, 0.05) is 17.7 Å². The second-order valence-corrected chi connectivity index (χ2v) is 5.67. The quantitative estimate of drug-likeness (QED) is 0.896. The number of halogens is 4. The molecule has 0 aliphatic carbocycles. The van der Waals surface area contributed by atoms with Crippen molar-refractivity contribution in [2.75, 3.05) is 0 Å². The third-order valence-electron chi connectivity index (χ3n) is 3.15. The van der Waals surface area contributed by atoms with Crippen LogP contribution in [0.25, 0.3) is 0 Å². The van der Waals surface area contributed by atoms with E-state index in [0.29, 0.717) is 12.8 Å². The van der Waals surface area contributed by atoms with E-state index in [0.717, 1.165) is 11.6 Å². The maximum absolute atomic E-state index is 12.8. The first-order valence-corrected chi connectivity index (χ1v) is 7.09. The lowest BCUT2D eigenvalue weighted by atomic mass is 10.0. The first-order valence-electron chi connectivity index (χ1n) is 6.29. The Hall–Kier alpha value is -1.34. The summed E-state index contributed by atoms with van der Waals surface area (Å²) >= 11 is 2.88. The average Bonchev–Trinajstić information content (AvgIpc) is 2.81. The lowest BCUT2D eigenvalue weighted by Crippen LogP contribution is -2.08. The number of alkyl halides is 3. The van der Waals surface area contributed by atoms with Gasteiger partial charge in [-0.05, 0) is 36.1 Å². The number of hydrogen-bond donors (Lipinski definition) is 1. The molecule has 7 heteroatoms. The summed E-state index contributed by atoms with van der Waals surface area (Å²) in [5, 5.41) is 14.1. The van der Waals surface area contributed by atoms with E-state index < -0.39 is 17.8 Å². The summed E-state index contributed by atoms with van der Waals surface area (Å²) in [6.45, 7) is 0. The molecule has 0 saturated heterocycles. The van der Waals surface area contributed by atoms with Crippen molar-refractivity contribution in [1.29, 1.82) is 0 Å². The second kappa shape index (κ2) is 6.19. The number of aromatic nitrogens is 2. The average molecular weight is 363 g/mol. The number of benzene rings is 1. The minimum atomic E-state index is -4.45. The van der Waals surface area contributed by atoms with Gasteiger partial charge in [0.1, 0.15) is 0 Å². The third kappa shape index (κ3) is 4.07. The van der Waals surface area contributed by atoms with Crippen LogP contribution in [0, 0.1) is 0 Å². The molecule has 1 heterocycles. The standard InChI is InChI=1S/C14H14BrF3N2O/c1-20-8-9(7-19-20)2-5-13(21)10-3-4-12(15)11(6-10)14(16,17)18/h3-4,6-8,13,21H,2,5H2,1H3. The minimum absolute atomic E-state index is 0.0294. The molecular weight excluding hydrogens is 349 g/mol. The summed E-state index contributed by atoms with van der Waals surface area (Å²) in [5.41, 5.74) is 0.416. The number of nitrogens with zero attached hydrogens (tertiary/aromatic N) is 2. The van der Waals surface area contributed by atoms with Crippen molar-refractivity contribution in [2.45, 2.75) is 25.1 Å².